The summed E-state index contributed by atoms with van der Waals surface area (Å²) >= 11 is 0. The molecule has 0 bridgehead atoms. The van der Waals surface area contributed by atoms with Crippen LogP contribution in [-0.4, -0.2) is 62.0 Å². The van der Waals surface area contributed by atoms with Gasteiger partial charge in [-0.15, -0.1) is 0 Å². The Bertz CT molecular complexity index is 640. The Morgan fingerprint density at radius 3 is 2.07 bits per heavy atom. The summed E-state index contributed by atoms with van der Waals surface area (Å²) in [6.45, 7) is 0.393. The quantitative estimate of drug-likeness (QED) is 0.613. The summed E-state index contributed by atoms with van der Waals surface area (Å²) in [5.41, 5.74) is -2.17. The molecule has 0 saturated carbocycles. The number of hydrogen-bond acceptors (Lipinski definition) is 7. The molecule has 9 nitrogen and oxygen atoms in total. The van der Waals surface area contributed by atoms with Crippen molar-refractivity contribution in [2.24, 2.45) is 0 Å². The van der Waals surface area contributed by atoms with E-state index < -0.39 is 30.3 Å². The molecule has 0 radical (unpaired) electrons. The number of carbonyl (C=O) groups is 2. The molecule has 1 aromatic rings. The molecule has 27 heavy (non-hydrogen) atoms. The molecule has 1 aliphatic rings. The number of carboxylic acid groups (broad SMARTS) is 2. The summed E-state index contributed by atoms with van der Waals surface area (Å²) in [5, 5.41) is 19.4. The van der Waals surface area contributed by atoms with E-state index in [9.17, 15) is 19.8 Å². The van der Waals surface area contributed by atoms with Gasteiger partial charge in [-0.05, 0) is 37.0 Å². The maximum Gasteiger partial charge on any atom is 0.348 e. The lowest BCUT2D eigenvalue weighted by Crippen LogP contribution is -2.53. The van der Waals surface area contributed by atoms with E-state index >= 15 is 0 Å². The van der Waals surface area contributed by atoms with Gasteiger partial charge in [0.05, 0.1) is 21.3 Å². The molecule has 0 spiro atoms. The molecule has 1 aromatic carbocycles. The van der Waals surface area contributed by atoms with E-state index in [0.29, 0.717) is 24.3 Å². The molecule has 0 aromatic heterocycles. The number of hydrogen-bond donors (Lipinski definition) is 2. The van der Waals surface area contributed by atoms with Crippen LogP contribution in [0.4, 0.5) is 0 Å². The largest absolute Gasteiger partial charge is 0.493 e. The van der Waals surface area contributed by atoms with E-state index in [1.807, 2.05) is 0 Å². The second-order valence-electron chi connectivity index (χ2n) is 6.06. The normalized spacial score (nSPS) is 17.2. The van der Waals surface area contributed by atoms with E-state index in [0.717, 1.165) is 12.8 Å². The van der Waals surface area contributed by atoms with Crippen LogP contribution >= 0.6 is 0 Å². The van der Waals surface area contributed by atoms with Gasteiger partial charge in [-0.2, -0.15) is 0 Å². The highest BCUT2D eigenvalue weighted by atomic mass is 16.7. The lowest BCUT2D eigenvalue weighted by atomic mass is 9.93. The second kappa shape index (κ2) is 8.92. The smallest absolute Gasteiger partial charge is 0.348 e. The van der Waals surface area contributed by atoms with Crippen LogP contribution in [-0.2, 0) is 25.5 Å². The van der Waals surface area contributed by atoms with Crippen molar-refractivity contribution in [1.29, 1.82) is 0 Å². The maximum absolute atomic E-state index is 11.9. The lowest BCUT2D eigenvalue weighted by molar-refractivity contribution is -0.236. The van der Waals surface area contributed by atoms with Crippen LogP contribution < -0.4 is 14.2 Å². The predicted molar refractivity (Wildman–Crippen MR) is 92.5 cm³/mol. The van der Waals surface area contributed by atoms with Crippen molar-refractivity contribution in [3.05, 3.63) is 17.7 Å². The Morgan fingerprint density at radius 1 is 1.07 bits per heavy atom. The number of methoxy groups -OCH3 is 3. The molecular formula is C18H24O9. The first kappa shape index (κ1) is 20.8. The first-order valence-corrected chi connectivity index (χ1v) is 8.43. The van der Waals surface area contributed by atoms with Crippen molar-refractivity contribution in [3.63, 3.8) is 0 Å². The molecular weight excluding hydrogens is 360 g/mol. The summed E-state index contributed by atoms with van der Waals surface area (Å²) in [6, 6.07) is 2.99. The summed E-state index contributed by atoms with van der Waals surface area (Å²) in [5.74, 6) is -2.34. The molecule has 150 valence electrons. The van der Waals surface area contributed by atoms with Crippen molar-refractivity contribution in [1.82, 2.24) is 0 Å². The molecule has 1 saturated heterocycles. The minimum Gasteiger partial charge on any atom is -0.493 e. The van der Waals surface area contributed by atoms with Gasteiger partial charge in [0.1, 0.15) is 0 Å². The monoisotopic (exact) mass is 384 g/mol. The van der Waals surface area contributed by atoms with Crippen molar-refractivity contribution in [2.75, 3.05) is 27.9 Å². The SMILES string of the molecule is COc1cc(CC(OC2CCCCO2)(C(=O)O)C(=O)O)cc(OC)c1OC. The van der Waals surface area contributed by atoms with Crippen LogP contribution in [0.1, 0.15) is 24.8 Å². The van der Waals surface area contributed by atoms with Gasteiger partial charge in [0.25, 0.3) is 5.60 Å². The third-order valence-corrected chi connectivity index (χ3v) is 4.34. The average molecular weight is 384 g/mol. The zero-order valence-corrected chi connectivity index (χ0v) is 15.5. The van der Waals surface area contributed by atoms with Gasteiger partial charge in [0.2, 0.25) is 5.75 Å². The number of benzene rings is 1. The highest BCUT2D eigenvalue weighted by Gasteiger charge is 2.50. The third kappa shape index (κ3) is 4.42. The van der Waals surface area contributed by atoms with Crippen LogP contribution in [0.5, 0.6) is 17.2 Å². The molecule has 2 N–H and O–H groups in total. The first-order chi connectivity index (χ1) is 12.9. The topological polar surface area (TPSA) is 121 Å². The van der Waals surface area contributed by atoms with E-state index in [4.69, 9.17) is 23.7 Å². The van der Waals surface area contributed by atoms with Crippen molar-refractivity contribution in [2.45, 2.75) is 37.6 Å². The van der Waals surface area contributed by atoms with E-state index in [-0.39, 0.29) is 11.5 Å². The van der Waals surface area contributed by atoms with E-state index in [1.165, 1.54) is 33.5 Å². The van der Waals surface area contributed by atoms with E-state index in [1.54, 1.807) is 0 Å². The first-order valence-electron chi connectivity index (χ1n) is 8.43. The van der Waals surface area contributed by atoms with Gasteiger partial charge in [0.15, 0.2) is 17.8 Å². The Balaban J connectivity index is 2.42. The van der Waals surface area contributed by atoms with Gasteiger partial charge >= 0.3 is 11.9 Å². The second-order valence-corrected chi connectivity index (χ2v) is 6.06. The number of rotatable bonds is 9. The number of carboxylic acids is 2. The van der Waals surface area contributed by atoms with Gasteiger partial charge in [-0.25, -0.2) is 9.59 Å². The van der Waals surface area contributed by atoms with Gasteiger partial charge < -0.3 is 33.9 Å². The Labute approximate surface area is 156 Å². The Hall–Kier alpha value is -2.52. The third-order valence-electron chi connectivity index (χ3n) is 4.34. The zero-order valence-electron chi connectivity index (χ0n) is 15.5. The molecule has 1 unspecified atom stereocenters. The van der Waals surface area contributed by atoms with Crippen LogP contribution in [0, 0.1) is 0 Å². The van der Waals surface area contributed by atoms with Crippen molar-refractivity contribution >= 4 is 11.9 Å². The minimum atomic E-state index is -2.51. The zero-order chi connectivity index (χ0) is 20.0. The van der Waals surface area contributed by atoms with E-state index in [2.05, 4.69) is 0 Å². The molecule has 9 heteroatoms. The minimum absolute atomic E-state index is 0.283. The standard InChI is InChI=1S/C18H24O9/c1-23-12-8-11(9-13(24-2)15(12)25-3)10-18(16(19)20,17(21)22)27-14-6-4-5-7-26-14/h8-9,14H,4-7,10H2,1-3H3,(H,19,20)(H,21,22). The Morgan fingerprint density at radius 2 is 1.67 bits per heavy atom. The summed E-state index contributed by atoms with van der Waals surface area (Å²) in [6.07, 6.45) is 0.670. The fourth-order valence-corrected chi connectivity index (χ4v) is 2.94. The molecule has 1 heterocycles. The highest BCUT2D eigenvalue weighted by molar-refractivity contribution is 6.02. The van der Waals surface area contributed by atoms with Crippen molar-refractivity contribution in [3.8, 4) is 17.2 Å². The molecule has 1 aliphatic heterocycles. The lowest BCUT2D eigenvalue weighted by Gasteiger charge is -2.32. The van der Waals surface area contributed by atoms with Crippen LogP contribution in [0.15, 0.2) is 12.1 Å². The molecule has 0 aliphatic carbocycles. The molecule has 2 rings (SSSR count). The predicted octanol–water partition coefficient (Wildman–Crippen LogP) is 1.71. The average Bonchev–Trinajstić information content (AvgIpc) is 2.66. The van der Waals surface area contributed by atoms with Gasteiger partial charge in [-0.1, -0.05) is 0 Å². The fourth-order valence-electron chi connectivity index (χ4n) is 2.94. The highest BCUT2D eigenvalue weighted by Crippen LogP contribution is 2.39. The molecule has 0 amide bonds. The molecule has 1 fully saturated rings. The fraction of sp³-hybridized carbons (Fsp3) is 0.556. The number of aliphatic carboxylic acids is 2. The van der Waals surface area contributed by atoms with Gasteiger partial charge in [-0.3, -0.25) is 0 Å². The summed E-state index contributed by atoms with van der Waals surface area (Å²) < 4.78 is 26.6. The van der Waals surface area contributed by atoms with Crippen molar-refractivity contribution < 1.29 is 43.5 Å². The summed E-state index contributed by atoms with van der Waals surface area (Å²) in [4.78, 5) is 23.8. The Kier molecular flexibility index (Phi) is 6.86. The summed E-state index contributed by atoms with van der Waals surface area (Å²) in [7, 11) is 4.26. The van der Waals surface area contributed by atoms with Gasteiger partial charge in [0, 0.05) is 13.0 Å². The maximum atomic E-state index is 11.9. The van der Waals surface area contributed by atoms with Crippen LogP contribution in [0.2, 0.25) is 0 Å². The van der Waals surface area contributed by atoms with Crippen LogP contribution in [0.25, 0.3) is 0 Å². The number of ether oxygens (including phenoxy) is 5. The molecule has 1 atom stereocenters. The van der Waals surface area contributed by atoms with Crippen LogP contribution in [0.3, 0.4) is 0 Å².